The van der Waals surface area contributed by atoms with Gasteiger partial charge in [-0.3, -0.25) is 10.2 Å². The minimum Gasteiger partial charge on any atom is -0.489 e. The highest BCUT2D eigenvalue weighted by atomic mass is 16.5. The Balaban J connectivity index is 2.06. The highest BCUT2D eigenvalue weighted by molar-refractivity contribution is 5.92. The molecule has 100 valence electrons. The Morgan fingerprint density at radius 2 is 2.26 bits per heavy atom. The van der Waals surface area contributed by atoms with E-state index in [1.165, 1.54) is 6.26 Å². The fraction of sp³-hybridized carbons (Fsp3) is 0.154. The Kier molecular flexibility index (Phi) is 4.17. The number of aliphatic hydroxyl groups excluding tert-OH is 1. The number of ether oxygens (including phenoxy) is 1. The zero-order valence-corrected chi connectivity index (χ0v) is 10.1. The molecule has 0 spiro atoms. The molecule has 0 aliphatic rings. The van der Waals surface area contributed by atoms with E-state index in [-0.39, 0.29) is 19.0 Å². The Bertz CT molecular complexity index is 565. The van der Waals surface area contributed by atoms with Gasteiger partial charge in [0, 0.05) is 5.56 Å². The summed E-state index contributed by atoms with van der Waals surface area (Å²) in [6.07, 6.45) is 1.40. The maximum atomic E-state index is 11.4. The number of furan rings is 1. The molecular formula is C13H14N2O4. The van der Waals surface area contributed by atoms with Crippen LogP contribution in [0.1, 0.15) is 21.7 Å². The van der Waals surface area contributed by atoms with Gasteiger partial charge in [-0.05, 0) is 23.8 Å². The van der Waals surface area contributed by atoms with Crippen LogP contribution in [0, 0.1) is 0 Å². The molecule has 0 saturated heterocycles. The first-order valence-corrected chi connectivity index (χ1v) is 5.64. The van der Waals surface area contributed by atoms with Crippen molar-refractivity contribution in [2.45, 2.75) is 13.2 Å². The lowest BCUT2D eigenvalue weighted by Crippen LogP contribution is -2.30. The lowest BCUT2D eigenvalue weighted by Gasteiger charge is -2.07. The van der Waals surface area contributed by atoms with E-state index in [0.29, 0.717) is 11.3 Å². The van der Waals surface area contributed by atoms with E-state index in [4.69, 9.17) is 20.1 Å². The first kappa shape index (κ1) is 13.1. The molecule has 0 unspecified atom stereocenters. The molecule has 6 nitrogen and oxygen atoms in total. The van der Waals surface area contributed by atoms with Gasteiger partial charge in [0.2, 0.25) is 0 Å². The third-order valence-electron chi connectivity index (χ3n) is 2.56. The van der Waals surface area contributed by atoms with Crippen LogP contribution in [-0.2, 0) is 13.2 Å². The molecule has 1 aromatic carbocycles. The Labute approximate surface area is 109 Å². The number of hydrazine groups is 1. The number of benzene rings is 1. The molecule has 0 aliphatic carbocycles. The highest BCUT2D eigenvalue weighted by Crippen LogP contribution is 2.17. The van der Waals surface area contributed by atoms with Crippen LogP contribution in [0.15, 0.2) is 41.0 Å². The molecule has 2 rings (SSSR count). The lowest BCUT2D eigenvalue weighted by atomic mass is 10.2. The van der Waals surface area contributed by atoms with Crippen molar-refractivity contribution in [1.82, 2.24) is 5.43 Å². The molecule has 0 saturated carbocycles. The molecule has 1 heterocycles. The second kappa shape index (κ2) is 6.03. The highest BCUT2D eigenvalue weighted by Gasteiger charge is 2.14. The third-order valence-corrected chi connectivity index (χ3v) is 2.56. The maximum Gasteiger partial charge on any atom is 0.301 e. The molecular weight excluding hydrogens is 248 g/mol. The number of nitrogens with two attached hydrogens (primary N) is 1. The van der Waals surface area contributed by atoms with Crippen LogP contribution in [0.25, 0.3) is 0 Å². The summed E-state index contributed by atoms with van der Waals surface area (Å²) in [4.78, 5) is 11.4. The zero-order valence-electron chi connectivity index (χ0n) is 10.1. The third kappa shape index (κ3) is 3.12. The Morgan fingerprint density at radius 3 is 3.00 bits per heavy atom. The van der Waals surface area contributed by atoms with Crippen LogP contribution in [0.4, 0.5) is 0 Å². The van der Waals surface area contributed by atoms with Crippen molar-refractivity contribution in [3.05, 3.63) is 53.5 Å². The van der Waals surface area contributed by atoms with Crippen LogP contribution < -0.4 is 16.0 Å². The predicted molar refractivity (Wildman–Crippen MR) is 67.1 cm³/mol. The molecule has 6 heteroatoms. The van der Waals surface area contributed by atoms with Crippen molar-refractivity contribution in [3.8, 4) is 5.75 Å². The predicted octanol–water partition coefficient (Wildman–Crippen LogP) is 0.954. The van der Waals surface area contributed by atoms with Gasteiger partial charge in [-0.15, -0.1) is 0 Å². The normalized spacial score (nSPS) is 10.2. The second-order valence-electron chi connectivity index (χ2n) is 3.84. The molecule has 1 amide bonds. The minimum absolute atomic E-state index is 0.0518. The smallest absolute Gasteiger partial charge is 0.301 e. The minimum atomic E-state index is -0.507. The SMILES string of the molecule is NNC(=O)c1occc1COc1cccc(CO)c1. The standard InChI is InChI=1S/C13H14N2O4/c14-15-13(17)12-10(4-5-18-12)8-19-11-3-1-2-9(6-11)7-16/h1-6,16H,7-8,14H2,(H,15,17). The van der Waals surface area contributed by atoms with Crippen molar-refractivity contribution < 1.29 is 19.1 Å². The Hall–Kier alpha value is -2.31. The summed E-state index contributed by atoms with van der Waals surface area (Å²) < 4.78 is 10.6. The summed E-state index contributed by atoms with van der Waals surface area (Å²) in [7, 11) is 0. The first-order valence-electron chi connectivity index (χ1n) is 5.64. The number of nitrogen functional groups attached to an aromatic ring is 1. The van der Waals surface area contributed by atoms with Gasteiger partial charge in [0.15, 0.2) is 5.76 Å². The fourth-order valence-electron chi connectivity index (χ4n) is 1.61. The fourth-order valence-corrected chi connectivity index (χ4v) is 1.61. The summed E-state index contributed by atoms with van der Waals surface area (Å²) in [5.41, 5.74) is 3.35. The summed E-state index contributed by atoms with van der Waals surface area (Å²) in [5.74, 6) is 5.27. The van der Waals surface area contributed by atoms with E-state index in [1.54, 1.807) is 30.3 Å². The molecule has 0 bridgehead atoms. The molecule has 0 aliphatic heterocycles. The van der Waals surface area contributed by atoms with Crippen LogP contribution >= 0.6 is 0 Å². The van der Waals surface area contributed by atoms with Gasteiger partial charge >= 0.3 is 5.91 Å². The van der Waals surface area contributed by atoms with Gasteiger partial charge in [-0.2, -0.15) is 0 Å². The van der Waals surface area contributed by atoms with Crippen LogP contribution in [-0.4, -0.2) is 11.0 Å². The molecule has 0 radical (unpaired) electrons. The van der Waals surface area contributed by atoms with Crippen LogP contribution in [0.3, 0.4) is 0 Å². The largest absolute Gasteiger partial charge is 0.489 e. The molecule has 1 aromatic heterocycles. The molecule has 0 fully saturated rings. The van der Waals surface area contributed by atoms with Gasteiger partial charge in [0.25, 0.3) is 0 Å². The van der Waals surface area contributed by atoms with E-state index < -0.39 is 5.91 Å². The van der Waals surface area contributed by atoms with Crippen LogP contribution in [0.5, 0.6) is 5.75 Å². The number of nitrogens with one attached hydrogen (secondary N) is 1. The topological polar surface area (TPSA) is 97.7 Å². The maximum absolute atomic E-state index is 11.4. The number of carbonyl (C=O) groups is 1. The molecule has 2 aromatic rings. The van der Waals surface area contributed by atoms with Gasteiger partial charge in [-0.1, -0.05) is 12.1 Å². The number of aliphatic hydroxyl groups is 1. The molecule has 0 atom stereocenters. The quantitative estimate of drug-likeness (QED) is 0.423. The molecule has 19 heavy (non-hydrogen) atoms. The monoisotopic (exact) mass is 262 g/mol. The zero-order chi connectivity index (χ0) is 13.7. The van der Waals surface area contributed by atoms with Crippen molar-refractivity contribution in [1.29, 1.82) is 0 Å². The first-order chi connectivity index (χ1) is 9.24. The van der Waals surface area contributed by atoms with Gasteiger partial charge in [-0.25, -0.2) is 5.84 Å². The van der Waals surface area contributed by atoms with E-state index in [1.807, 2.05) is 5.43 Å². The average Bonchev–Trinajstić information content (AvgIpc) is 2.93. The van der Waals surface area contributed by atoms with Gasteiger partial charge in [0.1, 0.15) is 12.4 Å². The number of carbonyl (C=O) groups excluding carboxylic acids is 1. The van der Waals surface area contributed by atoms with Crippen molar-refractivity contribution in [3.63, 3.8) is 0 Å². The van der Waals surface area contributed by atoms with E-state index in [0.717, 1.165) is 5.56 Å². The van der Waals surface area contributed by atoms with E-state index in [9.17, 15) is 4.79 Å². The van der Waals surface area contributed by atoms with Gasteiger partial charge < -0.3 is 14.3 Å². The van der Waals surface area contributed by atoms with Crippen molar-refractivity contribution in [2.75, 3.05) is 0 Å². The molecule has 4 N–H and O–H groups in total. The number of rotatable bonds is 5. The number of amides is 1. The summed E-state index contributed by atoms with van der Waals surface area (Å²) in [6, 6.07) is 8.70. The van der Waals surface area contributed by atoms with Crippen molar-refractivity contribution in [2.24, 2.45) is 5.84 Å². The summed E-state index contributed by atoms with van der Waals surface area (Å²) >= 11 is 0. The Morgan fingerprint density at radius 1 is 1.42 bits per heavy atom. The van der Waals surface area contributed by atoms with E-state index >= 15 is 0 Å². The average molecular weight is 262 g/mol. The second-order valence-corrected chi connectivity index (χ2v) is 3.84. The van der Waals surface area contributed by atoms with Gasteiger partial charge in [0.05, 0.1) is 12.9 Å². The summed E-state index contributed by atoms with van der Waals surface area (Å²) in [5, 5.41) is 9.03. The summed E-state index contributed by atoms with van der Waals surface area (Å²) in [6.45, 7) is 0.123. The van der Waals surface area contributed by atoms with Crippen LogP contribution in [0.2, 0.25) is 0 Å². The lowest BCUT2D eigenvalue weighted by molar-refractivity contribution is 0.0922. The number of hydrogen-bond donors (Lipinski definition) is 3. The van der Waals surface area contributed by atoms with E-state index in [2.05, 4.69) is 0 Å². The van der Waals surface area contributed by atoms with Crippen molar-refractivity contribution >= 4 is 5.91 Å². The number of hydrogen-bond acceptors (Lipinski definition) is 5.